The van der Waals surface area contributed by atoms with E-state index in [0.717, 1.165) is 7.11 Å². The molecule has 0 bridgehead atoms. The molecule has 1 atom stereocenters. The molecule has 0 aliphatic rings. The summed E-state index contributed by atoms with van der Waals surface area (Å²) >= 11 is 0. The Morgan fingerprint density at radius 1 is 1.19 bits per heavy atom. The summed E-state index contributed by atoms with van der Waals surface area (Å²) in [5.41, 5.74) is 0. The minimum atomic E-state index is -4.85. The summed E-state index contributed by atoms with van der Waals surface area (Å²) in [4.78, 5) is 22.4. The quantitative estimate of drug-likeness (QED) is 0.401. The smallest absolute Gasteiger partial charge is 0.341 e. The molecule has 0 aromatic rings. The Bertz CT molecular complexity index is 736. The van der Waals surface area contributed by atoms with Gasteiger partial charge in [-0.2, -0.15) is 8.42 Å². The number of rotatable bonds is 4. The van der Waals surface area contributed by atoms with Crippen molar-refractivity contribution in [2.24, 2.45) is 0 Å². The number of carbonyl (C=O) groups excluding carboxylic acids is 2. The lowest BCUT2D eigenvalue weighted by Gasteiger charge is -2.08. The average Bonchev–Trinajstić information content (AvgIpc) is 2.41. The Morgan fingerprint density at radius 2 is 1.76 bits per heavy atom. The average molecular weight is 308 g/mol. The molecule has 1 N–H and O–H groups in total. The van der Waals surface area contributed by atoms with Crippen LogP contribution in [-0.2, 0) is 29.2 Å². The van der Waals surface area contributed by atoms with Crippen LogP contribution in [-0.4, -0.2) is 37.3 Å². The molecule has 0 saturated carbocycles. The molecule has 0 aliphatic carbocycles. The van der Waals surface area contributed by atoms with E-state index < -0.39 is 33.7 Å². The largest absolute Gasteiger partial charge is 0.469 e. The van der Waals surface area contributed by atoms with Gasteiger partial charge in [0, 0.05) is 17.8 Å². The van der Waals surface area contributed by atoms with Crippen molar-refractivity contribution in [1.82, 2.24) is 0 Å². The molecule has 0 heterocycles. The van der Waals surface area contributed by atoms with E-state index in [1.807, 2.05) is 11.8 Å². The zero-order valence-electron chi connectivity index (χ0n) is 10.7. The first-order valence-corrected chi connectivity index (χ1v) is 6.52. The number of terminal acetylenes is 1. The van der Waals surface area contributed by atoms with Crippen LogP contribution < -0.4 is 0 Å². The maximum absolute atomic E-state index is 11.4. The van der Waals surface area contributed by atoms with Gasteiger partial charge in [-0.3, -0.25) is 9.35 Å². The maximum Gasteiger partial charge on any atom is 0.341 e. The van der Waals surface area contributed by atoms with Crippen molar-refractivity contribution >= 4 is 22.1 Å². The lowest BCUT2D eigenvalue weighted by Crippen LogP contribution is -2.33. The van der Waals surface area contributed by atoms with Crippen LogP contribution >= 0.6 is 0 Å². The molecule has 1 unspecified atom stereocenters. The molecule has 0 radical (unpaired) electrons. The predicted molar refractivity (Wildman–Crippen MR) is 70.2 cm³/mol. The third-order valence-electron chi connectivity index (χ3n) is 1.73. The van der Waals surface area contributed by atoms with E-state index in [4.69, 9.17) is 11.0 Å². The second-order valence-corrected chi connectivity index (χ2v) is 4.68. The van der Waals surface area contributed by atoms with Crippen molar-refractivity contribution in [3.8, 4) is 48.1 Å². The minimum Gasteiger partial charge on any atom is -0.469 e. The van der Waals surface area contributed by atoms with Crippen molar-refractivity contribution < 1.29 is 32.0 Å². The zero-order chi connectivity index (χ0) is 16.3. The van der Waals surface area contributed by atoms with E-state index in [2.05, 4.69) is 33.2 Å². The van der Waals surface area contributed by atoms with Gasteiger partial charge in [-0.05, 0) is 17.8 Å². The van der Waals surface area contributed by atoms with E-state index in [9.17, 15) is 18.0 Å². The molecule has 0 aromatic heterocycles. The van der Waals surface area contributed by atoms with Gasteiger partial charge < -0.3 is 9.47 Å². The SMILES string of the molecule is C#CC#CC#CC#COC(=O)C(CC(=O)OC)S(=O)(=O)O. The van der Waals surface area contributed by atoms with Crippen molar-refractivity contribution in [2.45, 2.75) is 11.7 Å². The lowest BCUT2D eigenvalue weighted by atomic mass is 10.3. The van der Waals surface area contributed by atoms with E-state index in [0.29, 0.717) is 0 Å². The molecule has 108 valence electrons. The number of esters is 2. The monoisotopic (exact) mass is 308 g/mol. The van der Waals surface area contributed by atoms with Crippen LogP contribution in [0.4, 0.5) is 0 Å². The summed E-state index contributed by atoms with van der Waals surface area (Å²) in [6, 6.07) is 0. The third kappa shape index (κ3) is 7.97. The fourth-order valence-electron chi connectivity index (χ4n) is 0.842. The fourth-order valence-corrected chi connectivity index (χ4v) is 1.48. The highest BCUT2D eigenvalue weighted by Crippen LogP contribution is 2.07. The first-order valence-electron chi connectivity index (χ1n) is 5.02. The van der Waals surface area contributed by atoms with Gasteiger partial charge in [0.15, 0.2) is 5.25 Å². The Morgan fingerprint density at radius 3 is 2.29 bits per heavy atom. The molecule has 0 amide bonds. The predicted octanol–water partition coefficient (Wildman–Crippen LogP) is -1.05. The molecule has 7 nitrogen and oxygen atoms in total. The number of hydrogen-bond donors (Lipinski definition) is 1. The second-order valence-electron chi connectivity index (χ2n) is 3.08. The molecule has 0 rings (SSSR count). The van der Waals surface area contributed by atoms with Crippen LogP contribution in [0.25, 0.3) is 0 Å². The summed E-state index contributed by atoms with van der Waals surface area (Å²) in [5, 5.41) is -2.13. The Hall–Kier alpha value is -2.91. The minimum absolute atomic E-state index is 0.908. The summed E-state index contributed by atoms with van der Waals surface area (Å²) in [6.45, 7) is 0. The zero-order valence-corrected chi connectivity index (χ0v) is 11.5. The highest BCUT2D eigenvalue weighted by Gasteiger charge is 2.35. The lowest BCUT2D eigenvalue weighted by molar-refractivity contribution is -0.145. The third-order valence-corrected chi connectivity index (χ3v) is 2.81. The first-order chi connectivity index (χ1) is 9.82. The van der Waals surface area contributed by atoms with Crippen LogP contribution in [0.3, 0.4) is 0 Å². The van der Waals surface area contributed by atoms with Gasteiger partial charge in [0.1, 0.15) is 6.11 Å². The van der Waals surface area contributed by atoms with Crippen LogP contribution in [0, 0.1) is 48.1 Å². The van der Waals surface area contributed by atoms with Gasteiger partial charge in [-0.25, -0.2) is 4.79 Å². The highest BCUT2D eigenvalue weighted by molar-refractivity contribution is 7.87. The van der Waals surface area contributed by atoms with Gasteiger partial charge in [0.2, 0.25) is 0 Å². The van der Waals surface area contributed by atoms with Crippen LogP contribution in [0.2, 0.25) is 0 Å². The molecular weight excluding hydrogens is 300 g/mol. The highest BCUT2D eigenvalue weighted by atomic mass is 32.2. The van der Waals surface area contributed by atoms with Gasteiger partial charge >= 0.3 is 11.9 Å². The summed E-state index contributed by atoms with van der Waals surface area (Å²) in [6.07, 6.45) is 5.70. The number of carbonyl (C=O) groups is 2. The molecular formula is C13H8O7S. The topological polar surface area (TPSA) is 107 Å². The Kier molecular flexibility index (Phi) is 7.81. The number of hydrogen-bond acceptors (Lipinski definition) is 6. The molecule has 0 aliphatic heterocycles. The molecule has 8 heteroatoms. The Labute approximate surface area is 121 Å². The first kappa shape index (κ1) is 18.1. The van der Waals surface area contributed by atoms with Crippen LogP contribution in [0.15, 0.2) is 0 Å². The maximum atomic E-state index is 11.4. The number of ether oxygens (including phenoxy) is 2. The summed E-state index contributed by atoms with van der Waals surface area (Å²) in [7, 11) is -3.86. The Balaban J connectivity index is 4.86. The van der Waals surface area contributed by atoms with Crippen molar-refractivity contribution in [2.75, 3.05) is 7.11 Å². The van der Waals surface area contributed by atoms with E-state index in [1.54, 1.807) is 6.11 Å². The molecule has 0 spiro atoms. The fraction of sp³-hybridized carbons (Fsp3) is 0.231. The number of methoxy groups -OCH3 is 1. The molecule has 0 aromatic carbocycles. The molecule has 0 fully saturated rings. The van der Waals surface area contributed by atoms with Crippen molar-refractivity contribution in [3.05, 3.63) is 0 Å². The van der Waals surface area contributed by atoms with E-state index in [1.165, 1.54) is 0 Å². The molecule has 21 heavy (non-hydrogen) atoms. The normalized spacial score (nSPS) is 9.95. The van der Waals surface area contributed by atoms with Crippen molar-refractivity contribution in [1.29, 1.82) is 0 Å². The standard InChI is InChI=1S/C13H8O7S/c1-3-4-5-6-7-8-9-20-13(15)11(21(16,17)18)10-12(14)19-2/h1,11H,10H2,2H3,(H,16,17,18). The van der Waals surface area contributed by atoms with E-state index in [-0.39, 0.29) is 0 Å². The van der Waals surface area contributed by atoms with E-state index >= 15 is 0 Å². The van der Waals surface area contributed by atoms with Gasteiger partial charge in [-0.1, -0.05) is 0 Å². The van der Waals surface area contributed by atoms with Crippen molar-refractivity contribution in [3.63, 3.8) is 0 Å². The molecule has 0 saturated heterocycles. The second kappa shape index (κ2) is 9.07. The summed E-state index contributed by atoms with van der Waals surface area (Å²) in [5.74, 6) is 10.3. The summed E-state index contributed by atoms with van der Waals surface area (Å²) < 4.78 is 39.2. The van der Waals surface area contributed by atoms with Gasteiger partial charge in [0.25, 0.3) is 10.1 Å². The van der Waals surface area contributed by atoms with Gasteiger partial charge in [-0.15, -0.1) is 6.42 Å². The van der Waals surface area contributed by atoms with Crippen LogP contribution in [0.1, 0.15) is 6.42 Å². The van der Waals surface area contributed by atoms with Crippen LogP contribution in [0.5, 0.6) is 0 Å². The van der Waals surface area contributed by atoms with Gasteiger partial charge in [0.05, 0.1) is 13.5 Å².